The number of anilines is 1. The van der Waals surface area contributed by atoms with Crippen LogP contribution in [0.1, 0.15) is 11.1 Å². The lowest BCUT2D eigenvalue weighted by Gasteiger charge is -2.08. The highest BCUT2D eigenvalue weighted by atomic mass is 32.2. The Bertz CT molecular complexity index is 1230. The molecule has 162 valence electrons. The third kappa shape index (κ3) is 5.15. The number of hydrogen-bond donors (Lipinski definition) is 1. The monoisotopic (exact) mass is 461 g/mol. The molecule has 0 bridgehead atoms. The molecular formula is C24H23N5OS2. The van der Waals surface area contributed by atoms with Crippen LogP contribution in [0.4, 0.5) is 5.13 Å². The summed E-state index contributed by atoms with van der Waals surface area (Å²) in [6.07, 6.45) is 1.80. The van der Waals surface area contributed by atoms with Crippen LogP contribution in [-0.2, 0) is 11.3 Å². The second-order valence-electron chi connectivity index (χ2n) is 7.31. The smallest absolute Gasteiger partial charge is 0.236 e. The Kier molecular flexibility index (Phi) is 6.82. The highest BCUT2D eigenvalue weighted by molar-refractivity contribution is 7.99. The van der Waals surface area contributed by atoms with Gasteiger partial charge in [-0.15, -0.1) is 28.1 Å². The molecule has 1 amide bonds. The van der Waals surface area contributed by atoms with Crippen molar-refractivity contribution in [2.24, 2.45) is 0 Å². The third-order valence-electron chi connectivity index (χ3n) is 4.77. The van der Waals surface area contributed by atoms with Gasteiger partial charge in [-0.25, -0.2) is 4.98 Å². The van der Waals surface area contributed by atoms with E-state index in [9.17, 15) is 4.79 Å². The van der Waals surface area contributed by atoms with Gasteiger partial charge >= 0.3 is 0 Å². The van der Waals surface area contributed by atoms with Crippen molar-refractivity contribution in [2.75, 3.05) is 11.1 Å². The lowest BCUT2D eigenvalue weighted by Crippen LogP contribution is -2.14. The number of carbonyl (C=O) groups is 1. The maximum absolute atomic E-state index is 12.5. The Labute approximate surface area is 195 Å². The first-order valence-electron chi connectivity index (χ1n) is 10.1. The molecule has 0 spiro atoms. The number of nitrogens with zero attached hydrogens (tertiary/aromatic N) is 4. The van der Waals surface area contributed by atoms with Crippen molar-refractivity contribution in [3.8, 4) is 22.6 Å². The van der Waals surface area contributed by atoms with Crippen LogP contribution in [0.25, 0.3) is 22.6 Å². The summed E-state index contributed by atoms with van der Waals surface area (Å²) in [7, 11) is 0. The van der Waals surface area contributed by atoms with Gasteiger partial charge in [0.15, 0.2) is 16.1 Å². The SMILES string of the molecule is C=CCn1c(SCC(=O)Nc2nc(-c3ccc(C)cc3)cs2)nnc1-c1ccc(C)cc1. The van der Waals surface area contributed by atoms with Crippen molar-refractivity contribution in [1.82, 2.24) is 19.7 Å². The van der Waals surface area contributed by atoms with E-state index in [2.05, 4.69) is 27.1 Å². The van der Waals surface area contributed by atoms with Crippen LogP contribution in [-0.4, -0.2) is 31.4 Å². The van der Waals surface area contributed by atoms with Gasteiger partial charge in [0.05, 0.1) is 11.4 Å². The molecule has 1 N–H and O–H groups in total. The molecule has 0 aliphatic rings. The molecule has 32 heavy (non-hydrogen) atoms. The topological polar surface area (TPSA) is 72.7 Å². The number of allylic oxidation sites excluding steroid dienone is 1. The Hall–Kier alpha value is -3.23. The van der Waals surface area contributed by atoms with Gasteiger partial charge in [-0.1, -0.05) is 77.5 Å². The summed E-state index contributed by atoms with van der Waals surface area (Å²) in [6, 6.07) is 16.3. The van der Waals surface area contributed by atoms with Crippen molar-refractivity contribution < 1.29 is 4.79 Å². The largest absolute Gasteiger partial charge is 0.301 e. The van der Waals surface area contributed by atoms with Crippen molar-refractivity contribution >= 4 is 34.1 Å². The maximum Gasteiger partial charge on any atom is 0.236 e. The van der Waals surface area contributed by atoms with Crippen LogP contribution in [0.5, 0.6) is 0 Å². The molecule has 0 saturated carbocycles. The van der Waals surface area contributed by atoms with E-state index in [1.165, 1.54) is 34.2 Å². The molecule has 4 aromatic rings. The van der Waals surface area contributed by atoms with E-state index in [1.807, 2.05) is 72.3 Å². The highest BCUT2D eigenvalue weighted by Crippen LogP contribution is 2.27. The van der Waals surface area contributed by atoms with Gasteiger partial charge in [0, 0.05) is 23.1 Å². The number of nitrogens with one attached hydrogen (secondary N) is 1. The van der Waals surface area contributed by atoms with E-state index in [4.69, 9.17) is 0 Å². The molecule has 0 fully saturated rings. The zero-order chi connectivity index (χ0) is 22.5. The van der Waals surface area contributed by atoms with Crippen molar-refractivity contribution in [3.63, 3.8) is 0 Å². The second kappa shape index (κ2) is 9.93. The minimum absolute atomic E-state index is 0.134. The summed E-state index contributed by atoms with van der Waals surface area (Å²) in [5.74, 6) is 0.836. The lowest BCUT2D eigenvalue weighted by molar-refractivity contribution is -0.113. The zero-order valence-corrected chi connectivity index (χ0v) is 19.5. The lowest BCUT2D eigenvalue weighted by atomic mass is 10.1. The van der Waals surface area contributed by atoms with Gasteiger partial charge in [0.25, 0.3) is 0 Å². The normalized spacial score (nSPS) is 10.8. The minimum atomic E-state index is -0.134. The maximum atomic E-state index is 12.5. The molecule has 0 atom stereocenters. The number of benzene rings is 2. The molecule has 2 aromatic carbocycles. The van der Waals surface area contributed by atoms with Gasteiger partial charge in [-0.05, 0) is 13.8 Å². The van der Waals surface area contributed by atoms with E-state index in [1.54, 1.807) is 6.08 Å². The molecule has 2 heterocycles. The number of thioether (sulfide) groups is 1. The number of rotatable bonds is 8. The molecule has 4 rings (SSSR count). The molecule has 2 aromatic heterocycles. The van der Waals surface area contributed by atoms with Gasteiger partial charge in [-0.2, -0.15) is 0 Å². The van der Waals surface area contributed by atoms with Crippen LogP contribution in [0, 0.1) is 13.8 Å². The minimum Gasteiger partial charge on any atom is -0.301 e. The summed E-state index contributed by atoms with van der Waals surface area (Å²) in [4.78, 5) is 17.1. The van der Waals surface area contributed by atoms with Gasteiger partial charge in [0.1, 0.15) is 0 Å². The van der Waals surface area contributed by atoms with Crippen molar-refractivity contribution in [2.45, 2.75) is 25.5 Å². The standard InChI is InChI=1S/C24H23N5OS2/c1-4-13-29-22(19-11-7-17(3)8-12-19)27-28-24(29)32-15-21(30)26-23-25-20(14-31-23)18-9-5-16(2)6-10-18/h4-12,14H,1,13,15H2,2-3H3,(H,25,26,30). The first-order chi connectivity index (χ1) is 15.5. The third-order valence-corrected chi connectivity index (χ3v) is 6.49. The predicted molar refractivity (Wildman–Crippen MR) is 132 cm³/mol. The summed E-state index contributed by atoms with van der Waals surface area (Å²) in [5, 5.41) is 14.7. The average Bonchev–Trinajstić information content (AvgIpc) is 3.41. The Balaban J connectivity index is 1.41. The highest BCUT2D eigenvalue weighted by Gasteiger charge is 2.16. The van der Waals surface area contributed by atoms with Gasteiger partial charge < -0.3 is 5.32 Å². The van der Waals surface area contributed by atoms with Crippen LogP contribution >= 0.6 is 23.1 Å². The number of aryl methyl sites for hydroxylation is 2. The molecular weight excluding hydrogens is 438 g/mol. The summed E-state index contributed by atoms with van der Waals surface area (Å²) in [6.45, 7) is 8.49. The van der Waals surface area contributed by atoms with Crippen LogP contribution < -0.4 is 5.32 Å². The van der Waals surface area contributed by atoms with Crippen LogP contribution in [0.15, 0.2) is 71.7 Å². The summed E-state index contributed by atoms with van der Waals surface area (Å²) in [5.41, 5.74) is 5.24. The van der Waals surface area contributed by atoms with Gasteiger partial charge in [-0.3, -0.25) is 9.36 Å². The van der Waals surface area contributed by atoms with Crippen LogP contribution in [0.2, 0.25) is 0 Å². The molecule has 0 aliphatic carbocycles. The predicted octanol–water partition coefficient (Wildman–Crippen LogP) is 5.60. The van der Waals surface area contributed by atoms with E-state index < -0.39 is 0 Å². The number of hydrogen-bond acceptors (Lipinski definition) is 6. The zero-order valence-electron chi connectivity index (χ0n) is 17.9. The van der Waals surface area contributed by atoms with E-state index in [0.717, 1.165) is 22.6 Å². The number of aromatic nitrogens is 4. The van der Waals surface area contributed by atoms with Crippen molar-refractivity contribution in [1.29, 1.82) is 0 Å². The molecule has 0 saturated heterocycles. The second-order valence-corrected chi connectivity index (χ2v) is 9.11. The molecule has 0 radical (unpaired) electrons. The first kappa shape index (κ1) is 22.0. The molecule has 6 nitrogen and oxygen atoms in total. The first-order valence-corrected chi connectivity index (χ1v) is 12.0. The summed E-state index contributed by atoms with van der Waals surface area (Å²) >= 11 is 2.76. The number of carbonyl (C=O) groups excluding carboxylic acids is 1. The van der Waals surface area contributed by atoms with E-state index in [-0.39, 0.29) is 11.7 Å². The van der Waals surface area contributed by atoms with E-state index in [0.29, 0.717) is 16.8 Å². The number of amides is 1. The summed E-state index contributed by atoms with van der Waals surface area (Å²) < 4.78 is 1.97. The van der Waals surface area contributed by atoms with E-state index >= 15 is 0 Å². The van der Waals surface area contributed by atoms with Gasteiger partial charge in [0.2, 0.25) is 5.91 Å². The Morgan fingerprint density at radius 1 is 1.06 bits per heavy atom. The average molecular weight is 462 g/mol. The Morgan fingerprint density at radius 2 is 1.72 bits per heavy atom. The number of thiazole rings is 1. The molecule has 0 unspecified atom stereocenters. The Morgan fingerprint density at radius 3 is 2.38 bits per heavy atom. The fourth-order valence-electron chi connectivity index (χ4n) is 3.08. The fourth-order valence-corrected chi connectivity index (χ4v) is 4.56. The van der Waals surface area contributed by atoms with Crippen LogP contribution in [0.3, 0.4) is 0 Å². The quantitative estimate of drug-likeness (QED) is 0.273. The fraction of sp³-hybridized carbons (Fsp3) is 0.167. The molecule has 0 aliphatic heterocycles. The van der Waals surface area contributed by atoms with Crippen molar-refractivity contribution in [3.05, 3.63) is 77.7 Å². The molecule has 8 heteroatoms.